The molecule has 234 valence electrons. The maximum absolute atomic E-state index is 14.5. The normalized spacial score (nSPS) is 25.8. The van der Waals surface area contributed by atoms with E-state index < -0.39 is 86.7 Å². The van der Waals surface area contributed by atoms with Gasteiger partial charge in [0.05, 0.1) is 23.8 Å². The van der Waals surface area contributed by atoms with Gasteiger partial charge in [0.1, 0.15) is 30.1 Å². The third-order valence-electron chi connectivity index (χ3n) is 5.64. The molecule has 0 radical (unpaired) electrons. The number of carbonyl (C=O) groups is 2. The largest absolute Gasteiger partial charge is 0.462 e. The molecular weight excluding hydrogens is 599 g/mol. The van der Waals surface area contributed by atoms with E-state index in [0.717, 1.165) is 6.20 Å². The van der Waals surface area contributed by atoms with E-state index in [1.54, 1.807) is 27.7 Å². The molecular formula is C22H35ClF2N5O10P. The van der Waals surface area contributed by atoms with Crippen LogP contribution >= 0.6 is 19.3 Å². The minimum Gasteiger partial charge on any atom is -0.462 e. The van der Waals surface area contributed by atoms with Crippen LogP contribution in [-0.2, 0) is 32.9 Å². The number of nitrogens with zero attached hydrogens (tertiary/aromatic N) is 2. The molecule has 2 rings (SSSR count). The van der Waals surface area contributed by atoms with Gasteiger partial charge in [0, 0.05) is 6.20 Å². The average Bonchev–Trinajstić information content (AvgIpc) is 3.10. The number of hydrogen-bond acceptors (Lipinski definition) is 12. The number of alkyl halides is 2. The van der Waals surface area contributed by atoms with Crippen molar-refractivity contribution >= 4 is 37.0 Å². The number of rotatable bonds is 13. The predicted molar refractivity (Wildman–Crippen MR) is 140 cm³/mol. The number of aliphatic hydroxyl groups excluding tert-OH is 2. The Morgan fingerprint density at radius 3 is 2.07 bits per heavy atom. The van der Waals surface area contributed by atoms with Crippen LogP contribution in [0.1, 0.15) is 47.8 Å². The van der Waals surface area contributed by atoms with Crippen LogP contribution in [0.15, 0.2) is 11.0 Å². The molecule has 1 aliphatic rings. The topological polar surface area (TPSA) is 214 Å². The van der Waals surface area contributed by atoms with E-state index in [0.29, 0.717) is 4.57 Å². The number of esters is 2. The molecule has 2 unspecified atom stereocenters. The number of nitrogen functional groups attached to an aromatic ring is 1. The van der Waals surface area contributed by atoms with Crippen molar-refractivity contribution in [2.24, 2.45) is 0 Å². The highest BCUT2D eigenvalue weighted by Crippen LogP contribution is 2.46. The second-order valence-electron chi connectivity index (χ2n) is 9.86. The molecule has 0 amide bonds. The van der Waals surface area contributed by atoms with Gasteiger partial charge in [-0.2, -0.15) is 4.98 Å². The van der Waals surface area contributed by atoms with Crippen LogP contribution in [0.2, 0.25) is 5.02 Å². The fraction of sp³-hybridized carbons (Fsp3) is 0.727. The molecule has 2 heterocycles. The fourth-order valence-electron chi connectivity index (χ4n) is 3.62. The summed E-state index contributed by atoms with van der Waals surface area (Å²) >= 11 is 5.86. The first-order valence-corrected chi connectivity index (χ1v) is 14.4. The number of halogens is 3. The number of carbonyl (C=O) groups excluding carboxylic acids is 2. The van der Waals surface area contributed by atoms with Crippen molar-refractivity contribution in [3.05, 3.63) is 21.7 Å². The minimum absolute atomic E-state index is 0.275. The SMILES string of the molecule is CC(C)OC(=O)C(C)NP(=O)(NC(C)C(=O)OC(C)C)OC[C@@]1(C(F)F)O[C@@H](n2cc(Cl)c(N)nc2=O)[C@H](O)[C@@H]1O. The summed E-state index contributed by atoms with van der Waals surface area (Å²) in [6.07, 6.45) is -10.3. The third-order valence-corrected chi connectivity index (χ3v) is 7.88. The summed E-state index contributed by atoms with van der Waals surface area (Å²) < 4.78 is 64.0. The molecule has 15 nitrogen and oxygen atoms in total. The maximum Gasteiger partial charge on any atom is 0.351 e. The standard InChI is InChI=1S/C22H35ClF2N5O10P/c1-9(2)38-18(33)11(5)28-41(36,29-12(6)19(34)39-10(3)4)37-8-22(20(24)25)15(32)14(31)17(40-22)30-7-13(23)16(26)27-21(30)35/h7,9-12,14-15,17,20,31-32H,8H2,1-6H3,(H2,26,27,35)(H2,28,29,36)/t11?,12?,14-,15+,17-,22-,41?/m1/s1. The van der Waals surface area contributed by atoms with Gasteiger partial charge >= 0.3 is 25.3 Å². The van der Waals surface area contributed by atoms with E-state index in [1.807, 2.05) is 0 Å². The van der Waals surface area contributed by atoms with E-state index in [9.17, 15) is 37.9 Å². The smallest absolute Gasteiger partial charge is 0.351 e. The third kappa shape index (κ3) is 8.41. The summed E-state index contributed by atoms with van der Waals surface area (Å²) in [7, 11) is -4.65. The predicted octanol–water partition coefficient (Wildman–Crippen LogP) is 0.718. The van der Waals surface area contributed by atoms with Crippen molar-refractivity contribution in [1.29, 1.82) is 0 Å². The second-order valence-corrected chi connectivity index (χ2v) is 12.1. The van der Waals surface area contributed by atoms with Gasteiger partial charge in [-0.15, -0.1) is 0 Å². The summed E-state index contributed by atoms with van der Waals surface area (Å²) in [5, 5.41) is 25.6. The van der Waals surface area contributed by atoms with Gasteiger partial charge in [-0.1, -0.05) is 11.6 Å². The molecule has 0 aliphatic carbocycles. The minimum atomic E-state index is -4.65. The molecule has 0 spiro atoms. The Labute approximate surface area is 239 Å². The van der Waals surface area contributed by atoms with Crippen LogP contribution < -0.4 is 21.6 Å². The summed E-state index contributed by atoms with van der Waals surface area (Å²) in [6.45, 7) is 7.35. The van der Waals surface area contributed by atoms with E-state index in [4.69, 9.17) is 36.1 Å². The number of ether oxygens (including phenoxy) is 3. The molecule has 19 heteroatoms. The van der Waals surface area contributed by atoms with Crippen molar-refractivity contribution in [2.45, 2.75) is 96.3 Å². The number of hydrogen-bond donors (Lipinski definition) is 5. The maximum atomic E-state index is 14.5. The zero-order valence-corrected chi connectivity index (χ0v) is 24.8. The monoisotopic (exact) mass is 633 g/mol. The highest BCUT2D eigenvalue weighted by Gasteiger charge is 2.61. The highest BCUT2D eigenvalue weighted by atomic mass is 35.5. The lowest BCUT2D eigenvalue weighted by molar-refractivity contribution is -0.192. The van der Waals surface area contributed by atoms with E-state index >= 15 is 0 Å². The average molecular weight is 634 g/mol. The Kier molecular flexibility index (Phi) is 11.8. The van der Waals surface area contributed by atoms with Crippen LogP contribution in [0.5, 0.6) is 0 Å². The molecule has 1 aliphatic heterocycles. The molecule has 0 saturated carbocycles. The van der Waals surface area contributed by atoms with Crippen molar-refractivity contribution in [3.63, 3.8) is 0 Å². The van der Waals surface area contributed by atoms with Gasteiger partial charge in [0.25, 0.3) is 6.43 Å². The lowest BCUT2D eigenvalue weighted by atomic mass is 9.96. The van der Waals surface area contributed by atoms with Crippen LogP contribution in [-0.4, -0.2) is 86.8 Å². The van der Waals surface area contributed by atoms with E-state index in [1.165, 1.54) is 13.8 Å². The van der Waals surface area contributed by atoms with Gasteiger partial charge in [-0.25, -0.2) is 23.7 Å². The summed E-state index contributed by atoms with van der Waals surface area (Å²) in [4.78, 5) is 40.4. The van der Waals surface area contributed by atoms with Crippen molar-refractivity contribution in [2.75, 3.05) is 12.3 Å². The van der Waals surface area contributed by atoms with Gasteiger partial charge in [-0.05, 0) is 41.5 Å². The molecule has 1 fully saturated rings. The lowest BCUT2D eigenvalue weighted by Gasteiger charge is -2.33. The van der Waals surface area contributed by atoms with Gasteiger partial charge < -0.3 is 34.7 Å². The van der Waals surface area contributed by atoms with Crippen LogP contribution in [0.4, 0.5) is 14.6 Å². The molecule has 6 N–H and O–H groups in total. The van der Waals surface area contributed by atoms with Crippen molar-refractivity contribution < 1.29 is 51.9 Å². The lowest BCUT2D eigenvalue weighted by Crippen LogP contribution is -2.53. The Bertz CT molecular complexity index is 1170. The Balaban J connectivity index is 2.41. The summed E-state index contributed by atoms with van der Waals surface area (Å²) in [6, 6.07) is -2.69. The summed E-state index contributed by atoms with van der Waals surface area (Å²) in [5.41, 5.74) is 1.25. The fourth-order valence-corrected chi connectivity index (χ4v) is 5.61. The highest BCUT2D eigenvalue weighted by molar-refractivity contribution is 7.54. The van der Waals surface area contributed by atoms with E-state index in [-0.39, 0.29) is 10.8 Å². The summed E-state index contributed by atoms with van der Waals surface area (Å²) in [5.74, 6) is -2.14. The number of aromatic nitrogens is 2. The Hall–Kier alpha value is -2.24. The molecule has 0 aromatic carbocycles. The Morgan fingerprint density at radius 2 is 1.63 bits per heavy atom. The quantitative estimate of drug-likeness (QED) is 0.150. The molecule has 1 aromatic rings. The molecule has 6 atom stereocenters. The van der Waals surface area contributed by atoms with Crippen molar-refractivity contribution in [3.8, 4) is 0 Å². The van der Waals surface area contributed by atoms with Crippen LogP contribution in [0.25, 0.3) is 0 Å². The number of anilines is 1. The number of nitrogens with two attached hydrogens (primary N) is 1. The first-order valence-electron chi connectivity index (χ1n) is 12.4. The van der Waals surface area contributed by atoms with Crippen molar-refractivity contribution in [1.82, 2.24) is 19.7 Å². The zero-order chi connectivity index (χ0) is 31.4. The van der Waals surface area contributed by atoms with Gasteiger partial charge in [-0.3, -0.25) is 18.7 Å². The number of aliphatic hydroxyl groups is 2. The van der Waals surface area contributed by atoms with Crippen LogP contribution in [0, 0.1) is 0 Å². The van der Waals surface area contributed by atoms with Crippen LogP contribution in [0.3, 0.4) is 0 Å². The molecule has 1 saturated heterocycles. The molecule has 0 bridgehead atoms. The number of nitrogens with one attached hydrogen (secondary N) is 2. The van der Waals surface area contributed by atoms with Gasteiger partial charge in [0.15, 0.2) is 11.8 Å². The zero-order valence-electron chi connectivity index (χ0n) is 23.1. The molecule has 41 heavy (non-hydrogen) atoms. The first-order chi connectivity index (χ1) is 18.8. The second kappa shape index (κ2) is 13.8. The first kappa shape index (κ1) is 35.0. The van der Waals surface area contributed by atoms with Gasteiger partial charge in [0.2, 0.25) is 0 Å². The van der Waals surface area contributed by atoms with E-state index in [2.05, 4.69) is 15.2 Å². The Morgan fingerprint density at radius 1 is 1.15 bits per heavy atom. The molecule has 1 aromatic heterocycles.